The molecule has 0 aromatic heterocycles. The van der Waals surface area contributed by atoms with E-state index in [1.54, 1.807) is 0 Å². The highest BCUT2D eigenvalue weighted by molar-refractivity contribution is 5.02. The van der Waals surface area contributed by atoms with Crippen molar-refractivity contribution < 1.29 is 9.47 Å². The van der Waals surface area contributed by atoms with Crippen molar-refractivity contribution in [1.29, 1.82) is 0 Å². The zero-order valence-corrected chi connectivity index (χ0v) is 12.0. The second-order valence-corrected chi connectivity index (χ2v) is 5.94. The van der Waals surface area contributed by atoms with Crippen LogP contribution in [0.2, 0.25) is 0 Å². The van der Waals surface area contributed by atoms with Crippen LogP contribution in [0.25, 0.3) is 0 Å². The van der Waals surface area contributed by atoms with Gasteiger partial charge in [0, 0.05) is 26.7 Å². The Labute approximate surface area is 111 Å². The Hall–Kier alpha value is -0.160. The highest BCUT2D eigenvalue weighted by Crippen LogP contribution is 2.36. The summed E-state index contributed by atoms with van der Waals surface area (Å²) >= 11 is 0. The van der Waals surface area contributed by atoms with Crippen molar-refractivity contribution >= 4 is 0 Å². The first-order valence-electron chi connectivity index (χ1n) is 7.25. The van der Waals surface area contributed by atoms with E-state index in [1.807, 2.05) is 7.11 Å². The first kappa shape index (κ1) is 14.3. The Kier molecular flexibility index (Phi) is 4.64. The predicted octanol–water partition coefficient (Wildman–Crippen LogP) is 1.38. The second-order valence-electron chi connectivity index (χ2n) is 5.94. The maximum atomic E-state index is 6.16. The van der Waals surface area contributed by atoms with Gasteiger partial charge in [0.2, 0.25) is 0 Å². The fraction of sp³-hybridized carbons (Fsp3) is 1.00. The van der Waals surface area contributed by atoms with Crippen molar-refractivity contribution in [1.82, 2.24) is 4.90 Å². The van der Waals surface area contributed by atoms with E-state index in [4.69, 9.17) is 15.2 Å². The van der Waals surface area contributed by atoms with E-state index in [-0.39, 0.29) is 23.9 Å². The quantitative estimate of drug-likeness (QED) is 0.829. The van der Waals surface area contributed by atoms with Gasteiger partial charge in [-0.15, -0.1) is 0 Å². The summed E-state index contributed by atoms with van der Waals surface area (Å²) in [4.78, 5) is 2.54. The normalized spacial score (nSPS) is 43.0. The molecule has 2 unspecified atom stereocenters. The third kappa shape index (κ3) is 2.57. The topological polar surface area (TPSA) is 47.7 Å². The molecule has 0 spiro atoms. The molecule has 1 aliphatic heterocycles. The van der Waals surface area contributed by atoms with Gasteiger partial charge in [0.15, 0.2) is 0 Å². The lowest BCUT2D eigenvalue weighted by Gasteiger charge is -2.53. The smallest absolute Gasteiger partial charge is 0.0767 e. The summed E-state index contributed by atoms with van der Waals surface area (Å²) < 4.78 is 11.6. The van der Waals surface area contributed by atoms with E-state index in [9.17, 15) is 0 Å². The van der Waals surface area contributed by atoms with Gasteiger partial charge in [0.1, 0.15) is 0 Å². The zero-order valence-electron chi connectivity index (χ0n) is 12.0. The molecule has 0 aromatic rings. The van der Waals surface area contributed by atoms with Gasteiger partial charge in [-0.05, 0) is 26.7 Å². The van der Waals surface area contributed by atoms with Crippen LogP contribution in [0.1, 0.15) is 39.5 Å². The SMILES string of the molecule is COC1CCCCC1(CN)N1C[C@@H](C)O[C@@H](C)C1. The number of nitrogens with two attached hydrogens (primary N) is 1. The molecular formula is C14H28N2O2. The van der Waals surface area contributed by atoms with Gasteiger partial charge in [0.25, 0.3) is 0 Å². The summed E-state index contributed by atoms with van der Waals surface area (Å²) in [7, 11) is 1.83. The van der Waals surface area contributed by atoms with E-state index in [2.05, 4.69) is 18.7 Å². The van der Waals surface area contributed by atoms with Crippen LogP contribution < -0.4 is 5.73 Å². The van der Waals surface area contributed by atoms with Gasteiger partial charge in [-0.1, -0.05) is 12.8 Å². The van der Waals surface area contributed by atoms with E-state index in [0.717, 1.165) is 25.9 Å². The van der Waals surface area contributed by atoms with Crippen LogP contribution in [0.5, 0.6) is 0 Å². The van der Waals surface area contributed by atoms with Crippen molar-refractivity contribution in [2.45, 2.75) is 63.4 Å². The molecule has 0 aromatic carbocycles. The molecule has 2 fully saturated rings. The summed E-state index contributed by atoms with van der Waals surface area (Å²) in [6, 6.07) is 0. The Morgan fingerprint density at radius 2 is 1.94 bits per heavy atom. The van der Waals surface area contributed by atoms with Gasteiger partial charge >= 0.3 is 0 Å². The zero-order chi connectivity index (χ0) is 13.2. The van der Waals surface area contributed by atoms with Crippen LogP contribution in [0, 0.1) is 0 Å². The molecule has 4 atom stereocenters. The lowest BCUT2D eigenvalue weighted by atomic mass is 9.77. The van der Waals surface area contributed by atoms with Crippen LogP contribution in [0.4, 0.5) is 0 Å². The number of ether oxygens (including phenoxy) is 2. The van der Waals surface area contributed by atoms with Crippen LogP contribution >= 0.6 is 0 Å². The lowest BCUT2D eigenvalue weighted by Crippen LogP contribution is -2.67. The Balaban J connectivity index is 2.18. The molecule has 0 bridgehead atoms. The fourth-order valence-electron chi connectivity index (χ4n) is 3.79. The molecule has 18 heavy (non-hydrogen) atoms. The van der Waals surface area contributed by atoms with Crippen LogP contribution in [0.3, 0.4) is 0 Å². The van der Waals surface area contributed by atoms with E-state index >= 15 is 0 Å². The molecule has 0 amide bonds. The van der Waals surface area contributed by atoms with Crippen LogP contribution in [-0.4, -0.2) is 55.5 Å². The first-order chi connectivity index (χ1) is 8.62. The maximum Gasteiger partial charge on any atom is 0.0767 e. The highest BCUT2D eigenvalue weighted by Gasteiger charge is 2.46. The summed E-state index contributed by atoms with van der Waals surface area (Å²) in [5.41, 5.74) is 6.19. The minimum absolute atomic E-state index is 0.0271. The molecular weight excluding hydrogens is 228 g/mol. The molecule has 1 aliphatic carbocycles. The number of hydrogen-bond donors (Lipinski definition) is 1. The van der Waals surface area contributed by atoms with Crippen molar-refractivity contribution in [3.05, 3.63) is 0 Å². The summed E-state index contributed by atoms with van der Waals surface area (Å²) in [5.74, 6) is 0. The number of hydrogen-bond acceptors (Lipinski definition) is 4. The fourth-order valence-corrected chi connectivity index (χ4v) is 3.79. The summed E-state index contributed by atoms with van der Waals surface area (Å²) in [6.45, 7) is 6.93. The highest BCUT2D eigenvalue weighted by atomic mass is 16.5. The van der Waals surface area contributed by atoms with Gasteiger partial charge in [0.05, 0.1) is 23.9 Å². The second kappa shape index (κ2) is 5.87. The molecule has 2 rings (SSSR count). The van der Waals surface area contributed by atoms with Crippen molar-refractivity contribution in [2.24, 2.45) is 5.73 Å². The standard InChI is InChI=1S/C14H28N2O2/c1-11-8-16(9-12(2)18-11)14(10-15)7-5-4-6-13(14)17-3/h11-13H,4-10,15H2,1-3H3/t11-,12+,13?,14?. The molecule has 2 aliphatic rings. The van der Waals surface area contributed by atoms with Crippen molar-refractivity contribution in [3.8, 4) is 0 Å². The van der Waals surface area contributed by atoms with E-state index in [1.165, 1.54) is 12.8 Å². The number of morpholine rings is 1. The average Bonchev–Trinajstić information content (AvgIpc) is 2.37. The van der Waals surface area contributed by atoms with Crippen molar-refractivity contribution in [3.63, 3.8) is 0 Å². The van der Waals surface area contributed by atoms with Crippen LogP contribution in [-0.2, 0) is 9.47 Å². The molecule has 1 heterocycles. The van der Waals surface area contributed by atoms with E-state index < -0.39 is 0 Å². The predicted molar refractivity (Wildman–Crippen MR) is 72.6 cm³/mol. The molecule has 4 nitrogen and oxygen atoms in total. The van der Waals surface area contributed by atoms with E-state index in [0.29, 0.717) is 6.54 Å². The Morgan fingerprint density at radius 3 is 2.50 bits per heavy atom. The molecule has 1 saturated carbocycles. The maximum absolute atomic E-state index is 6.16. The van der Waals surface area contributed by atoms with Crippen LogP contribution in [0.15, 0.2) is 0 Å². The summed E-state index contributed by atoms with van der Waals surface area (Å²) in [6.07, 6.45) is 5.66. The number of rotatable bonds is 3. The molecule has 1 saturated heterocycles. The monoisotopic (exact) mass is 256 g/mol. The molecule has 4 heteroatoms. The largest absolute Gasteiger partial charge is 0.379 e. The third-order valence-corrected chi connectivity index (χ3v) is 4.61. The minimum atomic E-state index is 0.0271. The van der Waals surface area contributed by atoms with Gasteiger partial charge < -0.3 is 15.2 Å². The average molecular weight is 256 g/mol. The van der Waals surface area contributed by atoms with Crippen molar-refractivity contribution in [2.75, 3.05) is 26.7 Å². The third-order valence-electron chi connectivity index (χ3n) is 4.61. The molecule has 106 valence electrons. The van der Waals surface area contributed by atoms with Gasteiger partial charge in [-0.3, -0.25) is 4.90 Å². The number of nitrogens with zero attached hydrogens (tertiary/aromatic N) is 1. The molecule has 2 N–H and O–H groups in total. The number of methoxy groups -OCH3 is 1. The van der Waals surface area contributed by atoms with Gasteiger partial charge in [-0.2, -0.15) is 0 Å². The Bertz CT molecular complexity index is 265. The molecule has 0 radical (unpaired) electrons. The first-order valence-corrected chi connectivity index (χ1v) is 7.25. The van der Waals surface area contributed by atoms with Gasteiger partial charge in [-0.25, -0.2) is 0 Å². The lowest BCUT2D eigenvalue weighted by molar-refractivity contribution is -0.144. The summed E-state index contributed by atoms with van der Waals surface area (Å²) in [5, 5.41) is 0. The minimum Gasteiger partial charge on any atom is -0.379 e. The Morgan fingerprint density at radius 1 is 1.28 bits per heavy atom.